The molecule has 0 heterocycles. The topological polar surface area (TPSA) is 3.24 Å². The van der Waals surface area contributed by atoms with Gasteiger partial charge in [-0.25, -0.2) is 0 Å². The highest BCUT2D eigenvalue weighted by atomic mass is 15.1. The molecule has 0 saturated carbocycles. The number of fused-ring (bicyclic) bond motifs is 4. The molecule has 9 rings (SSSR count). The van der Waals surface area contributed by atoms with E-state index in [1.54, 1.807) is 0 Å². The van der Waals surface area contributed by atoms with Gasteiger partial charge in [-0.2, -0.15) is 0 Å². The second-order valence-electron chi connectivity index (χ2n) is 13.8. The molecule has 0 saturated heterocycles. The Bertz CT molecular complexity index is 2470. The average molecular weight is 640 g/mol. The number of anilines is 3. The predicted molar refractivity (Wildman–Crippen MR) is 213 cm³/mol. The maximum atomic E-state index is 2.40. The molecule has 50 heavy (non-hydrogen) atoms. The van der Waals surface area contributed by atoms with Crippen LogP contribution in [0.25, 0.3) is 55.3 Å². The Kier molecular flexibility index (Phi) is 7.21. The maximum Gasteiger partial charge on any atom is 0.0474 e. The Hall–Kier alpha value is -6.18. The summed E-state index contributed by atoms with van der Waals surface area (Å²) in [4.78, 5) is 2.39. The highest BCUT2D eigenvalue weighted by molar-refractivity contribution is 6.01. The molecule has 8 aromatic rings. The highest BCUT2D eigenvalue weighted by Gasteiger charge is 2.35. The Morgan fingerprint density at radius 2 is 0.860 bits per heavy atom. The van der Waals surface area contributed by atoms with Crippen LogP contribution in [0.1, 0.15) is 25.0 Å². The summed E-state index contributed by atoms with van der Waals surface area (Å²) in [6, 6.07) is 68.6. The minimum Gasteiger partial charge on any atom is -0.310 e. The first-order valence-corrected chi connectivity index (χ1v) is 17.4. The predicted octanol–water partition coefficient (Wildman–Crippen LogP) is 13.6. The van der Waals surface area contributed by atoms with Crippen LogP contribution in [-0.2, 0) is 5.41 Å². The van der Waals surface area contributed by atoms with E-state index in [2.05, 4.69) is 207 Å². The third-order valence-electron chi connectivity index (χ3n) is 10.5. The standard InChI is InChI=1S/C49H37N/c1-49(2)47-20-12-11-19-44(47)45-30-25-38(32-48(45)49)36-23-28-41(29-24-36)50(40-26-21-35(22-27-40)34-13-5-3-6-14-34)42-31-39-17-9-10-18-43(39)46(33-42)37-15-7-4-8-16-37/h3-33H,1-2H3. The van der Waals surface area contributed by atoms with E-state index >= 15 is 0 Å². The summed E-state index contributed by atoms with van der Waals surface area (Å²) >= 11 is 0. The zero-order valence-corrected chi connectivity index (χ0v) is 28.3. The zero-order chi connectivity index (χ0) is 33.7. The average Bonchev–Trinajstić information content (AvgIpc) is 3.41. The smallest absolute Gasteiger partial charge is 0.0474 e. The van der Waals surface area contributed by atoms with Crippen LogP contribution in [-0.4, -0.2) is 0 Å². The molecule has 1 aliphatic rings. The van der Waals surface area contributed by atoms with Crippen molar-refractivity contribution in [2.75, 3.05) is 4.90 Å². The molecule has 0 aliphatic heterocycles. The van der Waals surface area contributed by atoms with E-state index in [0.717, 1.165) is 17.1 Å². The summed E-state index contributed by atoms with van der Waals surface area (Å²) in [5.41, 5.74) is 16.1. The fourth-order valence-electron chi connectivity index (χ4n) is 7.85. The molecule has 0 unspecified atom stereocenters. The van der Waals surface area contributed by atoms with Crippen LogP contribution in [0.3, 0.4) is 0 Å². The highest BCUT2D eigenvalue weighted by Crippen LogP contribution is 2.49. The van der Waals surface area contributed by atoms with Gasteiger partial charge < -0.3 is 4.90 Å². The van der Waals surface area contributed by atoms with E-state index in [0.29, 0.717) is 0 Å². The minimum absolute atomic E-state index is 0.0306. The molecule has 0 atom stereocenters. The lowest BCUT2D eigenvalue weighted by Crippen LogP contribution is -2.14. The molecule has 1 aliphatic carbocycles. The van der Waals surface area contributed by atoms with E-state index in [-0.39, 0.29) is 5.41 Å². The van der Waals surface area contributed by atoms with E-state index in [1.165, 1.54) is 66.4 Å². The van der Waals surface area contributed by atoms with Crippen molar-refractivity contribution in [3.8, 4) is 44.5 Å². The van der Waals surface area contributed by atoms with Gasteiger partial charge in [0.15, 0.2) is 0 Å². The van der Waals surface area contributed by atoms with E-state index in [4.69, 9.17) is 0 Å². The quantitative estimate of drug-likeness (QED) is 0.175. The normalized spacial score (nSPS) is 12.8. The van der Waals surface area contributed by atoms with Crippen LogP contribution in [0.5, 0.6) is 0 Å². The van der Waals surface area contributed by atoms with Crippen LogP contribution in [0.15, 0.2) is 188 Å². The first-order valence-electron chi connectivity index (χ1n) is 17.4. The third kappa shape index (κ3) is 5.11. The first-order chi connectivity index (χ1) is 24.5. The Labute approximate surface area is 294 Å². The molecule has 0 fully saturated rings. The molecule has 0 spiro atoms. The maximum absolute atomic E-state index is 2.40. The zero-order valence-electron chi connectivity index (χ0n) is 28.3. The molecule has 0 aromatic heterocycles. The van der Waals surface area contributed by atoms with E-state index in [1.807, 2.05) is 0 Å². The lowest BCUT2D eigenvalue weighted by molar-refractivity contribution is 0.660. The summed E-state index contributed by atoms with van der Waals surface area (Å²) in [5.74, 6) is 0. The van der Waals surface area contributed by atoms with Gasteiger partial charge in [0.1, 0.15) is 0 Å². The summed E-state index contributed by atoms with van der Waals surface area (Å²) < 4.78 is 0. The summed E-state index contributed by atoms with van der Waals surface area (Å²) in [6.45, 7) is 4.69. The van der Waals surface area contributed by atoms with E-state index in [9.17, 15) is 0 Å². The molecular weight excluding hydrogens is 603 g/mol. The number of benzene rings is 8. The van der Waals surface area contributed by atoms with Crippen LogP contribution in [0.2, 0.25) is 0 Å². The van der Waals surface area contributed by atoms with Crippen molar-refractivity contribution in [1.29, 1.82) is 0 Å². The summed E-state index contributed by atoms with van der Waals surface area (Å²) in [7, 11) is 0. The number of rotatable bonds is 6. The SMILES string of the molecule is CC1(C)c2ccccc2-c2ccc(-c3ccc(N(c4ccc(-c5ccccc5)cc4)c4cc(-c5ccccc5)c5ccccc5c4)cc3)cc21. The molecule has 238 valence electrons. The van der Waals surface area contributed by atoms with Gasteiger partial charge in [0.05, 0.1) is 0 Å². The monoisotopic (exact) mass is 639 g/mol. The van der Waals surface area contributed by atoms with Crippen LogP contribution >= 0.6 is 0 Å². The fourth-order valence-corrected chi connectivity index (χ4v) is 7.85. The van der Waals surface area contributed by atoms with Gasteiger partial charge >= 0.3 is 0 Å². The minimum atomic E-state index is -0.0306. The molecule has 1 nitrogen and oxygen atoms in total. The van der Waals surface area contributed by atoms with Crippen molar-refractivity contribution in [3.05, 3.63) is 199 Å². The van der Waals surface area contributed by atoms with Crippen molar-refractivity contribution in [2.45, 2.75) is 19.3 Å². The van der Waals surface area contributed by atoms with Crippen LogP contribution in [0.4, 0.5) is 17.1 Å². The molecule has 8 aromatic carbocycles. The van der Waals surface area contributed by atoms with Crippen LogP contribution in [0, 0.1) is 0 Å². The number of nitrogens with zero attached hydrogens (tertiary/aromatic N) is 1. The molecule has 0 N–H and O–H groups in total. The van der Waals surface area contributed by atoms with Gasteiger partial charge in [0.2, 0.25) is 0 Å². The summed E-state index contributed by atoms with van der Waals surface area (Å²) in [5, 5.41) is 2.46. The van der Waals surface area contributed by atoms with Gasteiger partial charge in [0, 0.05) is 22.5 Å². The van der Waals surface area contributed by atoms with Gasteiger partial charge in [-0.1, -0.05) is 159 Å². The number of hydrogen-bond donors (Lipinski definition) is 0. The Morgan fingerprint density at radius 3 is 1.56 bits per heavy atom. The second kappa shape index (κ2) is 12.1. The molecule has 0 bridgehead atoms. The van der Waals surface area contributed by atoms with Crippen molar-refractivity contribution in [2.24, 2.45) is 0 Å². The van der Waals surface area contributed by atoms with Crippen molar-refractivity contribution < 1.29 is 0 Å². The lowest BCUT2D eigenvalue weighted by Gasteiger charge is -2.27. The Balaban J connectivity index is 1.16. The molecule has 1 heteroatoms. The summed E-state index contributed by atoms with van der Waals surface area (Å²) in [6.07, 6.45) is 0. The Morgan fingerprint density at radius 1 is 0.340 bits per heavy atom. The van der Waals surface area contributed by atoms with Crippen molar-refractivity contribution in [1.82, 2.24) is 0 Å². The lowest BCUT2D eigenvalue weighted by atomic mass is 9.81. The van der Waals surface area contributed by atoms with Crippen LogP contribution < -0.4 is 4.90 Å². The van der Waals surface area contributed by atoms with Gasteiger partial charge in [-0.15, -0.1) is 0 Å². The second-order valence-corrected chi connectivity index (χ2v) is 13.8. The molecular formula is C49H37N. The molecule has 0 amide bonds. The van der Waals surface area contributed by atoms with Gasteiger partial charge in [-0.05, 0) is 109 Å². The van der Waals surface area contributed by atoms with Crippen molar-refractivity contribution >= 4 is 27.8 Å². The number of hydrogen-bond acceptors (Lipinski definition) is 1. The third-order valence-corrected chi connectivity index (χ3v) is 10.5. The van der Waals surface area contributed by atoms with Crippen molar-refractivity contribution in [3.63, 3.8) is 0 Å². The fraction of sp³-hybridized carbons (Fsp3) is 0.0612. The first kappa shape index (κ1) is 29.9. The molecule has 0 radical (unpaired) electrons. The van der Waals surface area contributed by atoms with E-state index < -0.39 is 0 Å². The largest absolute Gasteiger partial charge is 0.310 e. The van der Waals surface area contributed by atoms with Gasteiger partial charge in [-0.3, -0.25) is 0 Å². The van der Waals surface area contributed by atoms with Gasteiger partial charge in [0.25, 0.3) is 0 Å².